The van der Waals surface area contributed by atoms with Crippen molar-refractivity contribution in [2.45, 2.75) is 24.6 Å². The maximum Gasteiger partial charge on any atom is 0.416 e. The molecule has 2 heterocycles. The zero-order valence-corrected chi connectivity index (χ0v) is 16.0. The lowest BCUT2D eigenvalue weighted by atomic mass is 9.79. The van der Waals surface area contributed by atoms with Crippen molar-refractivity contribution < 1.29 is 22.8 Å². The normalized spacial score (nSPS) is 18.1. The van der Waals surface area contributed by atoms with Gasteiger partial charge in [0.2, 0.25) is 5.91 Å². The van der Waals surface area contributed by atoms with Gasteiger partial charge in [-0.05, 0) is 36.6 Å². The highest BCUT2D eigenvalue weighted by molar-refractivity contribution is 5.94. The fourth-order valence-electron chi connectivity index (χ4n) is 4.12. The Labute approximate surface area is 171 Å². The second kappa shape index (κ2) is 7.51. The van der Waals surface area contributed by atoms with Crippen LogP contribution in [0.1, 0.15) is 29.5 Å². The summed E-state index contributed by atoms with van der Waals surface area (Å²) in [7, 11) is 0. The van der Waals surface area contributed by atoms with Crippen molar-refractivity contribution in [2.24, 2.45) is 0 Å². The molecule has 30 heavy (non-hydrogen) atoms. The molecule has 2 N–H and O–H groups in total. The third-order valence-corrected chi connectivity index (χ3v) is 5.64. The third-order valence-electron chi connectivity index (χ3n) is 5.64. The predicted molar refractivity (Wildman–Crippen MR) is 107 cm³/mol. The molecule has 1 spiro atoms. The first-order chi connectivity index (χ1) is 14.3. The van der Waals surface area contributed by atoms with Crippen LogP contribution in [0.5, 0.6) is 0 Å². The Morgan fingerprint density at radius 3 is 2.43 bits per heavy atom. The van der Waals surface area contributed by atoms with Gasteiger partial charge >= 0.3 is 12.2 Å². The molecule has 0 atom stereocenters. The lowest BCUT2D eigenvalue weighted by molar-refractivity contribution is -0.137. The van der Waals surface area contributed by atoms with Crippen LogP contribution in [0.25, 0.3) is 6.08 Å². The van der Waals surface area contributed by atoms with Gasteiger partial charge < -0.3 is 15.5 Å². The molecular weight excluding hydrogens is 395 g/mol. The molecular formula is C22H20F3N3O2. The van der Waals surface area contributed by atoms with E-state index in [1.807, 2.05) is 24.3 Å². The van der Waals surface area contributed by atoms with E-state index in [0.717, 1.165) is 17.3 Å². The van der Waals surface area contributed by atoms with Crippen molar-refractivity contribution in [1.82, 2.24) is 10.2 Å². The first-order valence-corrected chi connectivity index (χ1v) is 9.60. The number of carbonyl (C=O) groups is 2. The number of benzene rings is 2. The van der Waals surface area contributed by atoms with E-state index in [-0.39, 0.29) is 17.5 Å². The zero-order valence-electron chi connectivity index (χ0n) is 16.0. The van der Waals surface area contributed by atoms with Gasteiger partial charge in [0.15, 0.2) is 0 Å². The summed E-state index contributed by atoms with van der Waals surface area (Å²) in [6, 6.07) is 12.4. The molecule has 2 aliphatic heterocycles. The number of amides is 3. The Bertz CT molecular complexity index is 1010. The molecule has 0 aromatic heterocycles. The SMILES string of the molecule is O=C1Nc2ccccc2C2(CCN(C(=O)/C=C/c3ccccc3C(F)(F)F)CC2)N1. The van der Waals surface area contributed by atoms with Gasteiger partial charge in [-0.1, -0.05) is 36.4 Å². The number of nitrogens with one attached hydrogen (secondary N) is 2. The van der Waals surface area contributed by atoms with E-state index in [9.17, 15) is 22.8 Å². The molecule has 0 bridgehead atoms. The number of urea groups is 1. The van der Waals surface area contributed by atoms with Gasteiger partial charge in [0.05, 0.1) is 11.1 Å². The van der Waals surface area contributed by atoms with Crippen molar-refractivity contribution in [3.63, 3.8) is 0 Å². The number of fused-ring (bicyclic) bond motifs is 2. The standard InChI is InChI=1S/C22H20F3N3O2/c23-22(24,25)16-6-2-1-5-15(16)9-10-19(29)28-13-11-21(12-14-28)17-7-3-4-8-18(17)26-20(30)27-21/h1-10H,11-14H2,(H2,26,27,30)/b10-9+. The zero-order chi connectivity index (χ0) is 21.4. The second-order valence-electron chi connectivity index (χ2n) is 7.45. The second-order valence-corrected chi connectivity index (χ2v) is 7.45. The molecule has 1 fully saturated rings. The molecule has 2 aromatic rings. The number of para-hydroxylation sites is 1. The Balaban J connectivity index is 1.48. The Morgan fingerprint density at radius 1 is 1.03 bits per heavy atom. The minimum absolute atomic E-state index is 0.0497. The van der Waals surface area contributed by atoms with Gasteiger partial charge in [0.25, 0.3) is 0 Å². The number of rotatable bonds is 2. The number of hydrogen-bond donors (Lipinski definition) is 2. The summed E-state index contributed by atoms with van der Waals surface area (Å²) in [6.45, 7) is 0.775. The predicted octanol–water partition coefficient (Wildman–Crippen LogP) is 4.37. The van der Waals surface area contributed by atoms with E-state index in [2.05, 4.69) is 10.6 Å². The highest BCUT2D eigenvalue weighted by Gasteiger charge is 2.42. The van der Waals surface area contributed by atoms with E-state index in [0.29, 0.717) is 25.9 Å². The average molecular weight is 415 g/mol. The average Bonchev–Trinajstić information content (AvgIpc) is 2.72. The van der Waals surface area contributed by atoms with Crippen LogP contribution in [0.4, 0.5) is 23.7 Å². The number of alkyl halides is 3. The molecule has 0 unspecified atom stereocenters. The molecule has 0 saturated carbocycles. The summed E-state index contributed by atoms with van der Waals surface area (Å²) < 4.78 is 39.3. The molecule has 4 rings (SSSR count). The summed E-state index contributed by atoms with van der Waals surface area (Å²) in [5, 5.41) is 5.79. The van der Waals surface area contributed by atoms with Gasteiger partial charge in [0, 0.05) is 30.4 Å². The highest BCUT2D eigenvalue weighted by Crippen LogP contribution is 2.39. The molecule has 5 nitrogen and oxygen atoms in total. The van der Waals surface area contributed by atoms with E-state index in [4.69, 9.17) is 0 Å². The number of hydrogen-bond acceptors (Lipinski definition) is 2. The molecule has 0 aliphatic carbocycles. The Morgan fingerprint density at radius 2 is 1.70 bits per heavy atom. The van der Waals surface area contributed by atoms with Crippen LogP contribution >= 0.6 is 0 Å². The number of halogens is 3. The first-order valence-electron chi connectivity index (χ1n) is 9.60. The van der Waals surface area contributed by atoms with E-state index in [1.165, 1.54) is 30.4 Å². The molecule has 2 aromatic carbocycles. The van der Waals surface area contributed by atoms with Crippen LogP contribution in [0.15, 0.2) is 54.6 Å². The highest BCUT2D eigenvalue weighted by atomic mass is 19.4. The van der Waals surface area contributed by atoms with E-state index >= 15 is 0 Å². The number of piperidine rings is 1. The first kappa shape index (κ1) is 20.0. The fraction of sp³-hybridized carbons (Fsp3) is 0.273. The van der Waals surface area contributed by atoms with Crippen LogP contribution in [0, 0.1) is 0 Å². The molecule has 1 saturated heterocycles. The number of likely N-dealkylation sites (tertiary alicyclic amines) is 1. The summed E-state index contributed by atoms with van der Waals surface area (Å²) in [4.78, 5) is 26.2. The monoisotopic (exact) mass is 415 g/mol. The Kier molecular flexibility index (Phi) is 5.01. The maximum atomic E-state index is 13.1. The maximum absolute atomic E-state index is 13.1. The quantitative estimate of drug-likeness (QED) is 0.716. The van der Waals surface area contributed by atoms with Crippen molar-refractivity contribution in [2.75, 3.05) is 18.4 Å². The Hall–Kier alpha value is -3.29. The molecule has 8 heteroatoms. The molecule has 3 amide bonds. The number of nitrogens with zero attached hydrogens (tertiary/aromatic N) is 1. The van der Waals surface area contributed by atoms with Gasteiger partial charge in [-0.15, -0.1) is 0 Å². The fourth-order valence-corrected chi connectivity index (χ4v) is 4.12. The summed E-state index contributed by atoms with van der Waals surface area (Å²) in [5.41, 5.74) is 0.352. The summed E-state index contributed by atoms with van der Waals surface area (Å²) >= 11 is 0. The topological polar surface area (TPSA) is 61.4 Å². The van der Waals surface area contributed by atoms with Gasteiger partial charge in [-0.2, -0.15) is 13.2 Å². The van der Waals surface area contributed by atoms with Crippen LogP contribution < -0.4 is 10.6 Å². The number of carbonyl (C=O) groups excluding carboxylic acids is 2. The minimum Gasteiger partial charge on any atom is -0.339 e. The molecule has 156 valence electrons. The van der Waals surface area contributed by atoms with Crippen molar-refractivity contribution in [3.05, 3.63) is 71.3 Å². The third kappa shape index (κ3) is 3.77. The van der Waals surface area contributed by atoms with Gasteiger partial charge in [-0.25, -0.2) is 4.79 Å². The minimum atomic E-state index is -4.48. The summed E-state index contributed by atoms with van der Waals surface area (Å²) in [5.74, 6) is -0.352. The lowest BCUT2D eigenvalue weighted by Crippen LogP contribution is -2.57. The van der Waals surface area contributed by atoms with Crippen LogP contribution in [-0.2, 0) is 16.5 Å². The summed E-state index contributed by atoms with van der Waals surface area (Å²) in [6.07, 6.45) is -1.05. The van der Waals surface area contributed by atoms with Crippen molar-refractivity contribution >= 4 is 23.7 Å². The lowest BCUT2D eigenvalue weighted by Gasteiger charge is -2.45. The van der Waals surface area contributed by atoms with E-state index in [1.54, 1.807) is 4.90 Å². The molecule has 2 aliphatic rings. The van der Waals surface area contributed by atoms with Gasteiger partial charge in [-0.3, -0.25) is 4.79 Å². The van der Waals surface area contributed by atoms with Crippen LogP contribution in [-0.4, -0.2) is 29.9 Å². The smallest absolute Gasteiger partial charge is 0.339 e. The largest absolute Gasteiger partial charge is 0.416 e. The van der Waals surface area contributed by atoms with Crippen LogP contribution in [0.2, 0.25) is 0 Å². The van der Waals surface area contributed by atoms with E-state index < -0.39 is 17.3 Å². The van der Waals surface area contributed by atoms with Crippen LogP contribution in [0.3, 0.4) is 0 Å². The number of anilines is 1. The van der Waals surface area contributed by atoms with Gasteiger partial charge in [0.1, 0.15) is 0 Å². The van der Waals surface area contributed by atoms with Crippen molar-refractivity contribution in [1.29, 1.82) is 0 Å². The molecule has 0 radical (unpaired) electrons. The van der Waals surface area contributed by atoms with Crippen molar-refractivity contribution in [3.8, 4) is 0 Å².